The molecule has 6 nitrogen and oxygen atoms in total. The highest BCUT2D eigenvalue weighted by Gasteiger charge is 2.13. The summed E-state index contributed by atoms with van der Waals surface area (Å²) in [7, 11) is 0. The van der Waals surface area contributed by atoms with Crippen molar-refractivity contribution in [2.24, 2.45) is 5.92 Å². The topological polar surface area (TPSA) is 75.8 Å². The third kappa shape index (κ3) is 4.75. The van der Waals surface area contributed by atoms with Crippen LogP contribution in [0.1, 0.15) is 43.1 Å². The van der Waals surface area contributed by atoms with Gasteiger partial charge in [-0.15, -0.1) is 0 Å². The van der Waals surface area contributed by atoms with Gasteiger partial charge in [0, 0.05) is 38.3 Å². The molecule has 0 atom stereocenters. The molecule has 2 aliphatic rings. The number of nitrogens with zero attached hydrogens (tertiary/aromatic N) is 4. The molecule has 1 aromatic carbocycles. The molecule has 0 spiro atoms. The van der Waals surface area contributed by atoms with Crippen molar-refractivity contribution in [1.29, 1.82) is 5.26 Å². The van der Waals surface area contributed by atoms with Gasteiger partial charge in [-0.25, -0.2) is 9.97 Å². The summed E-state index contributed by atoms with van der Waals surface area (Å²) in [4.78, 5) is 8.86. The Morgan fingerprint density at radius 3 is 2.79 bits per heavy atom. The average molecular weight is 390 g/mol. The third-order valence-electron chi connectivity index (χ3n) is 5.58. The fraction of sp³-hybridized carbons (Fsp3) is 0.435. The zero-order valence-electron chi connectivity index (χ0n) is 16.9. The molecule has 0 radical (unpaired) electrons. The van der Waals surface area contributed by atoms with E-state index in [4.69, 9.17) is 15.0 Å². The number of aromatic nitrogens is 3. The van der Waals surface area contributed by atoms with E-state index in [0.717, 1.165) is 54.4 Å². The highest BCUT2D eigenvalue weighted by atomic mass is 16.5. The fourth-order valence-electron chi connectivity index (χ4n) is 3.57. The Morgan fingerprint density at radius 2 is 2.10 bits per heavy atom. The molecule has 2 aromatic heterocycles. The van der Waals surface area contributed by atoms with Crippen molar-refractivity contribution >= 4 is 11.0 Å². The van der Waals surface area contributed by atoms with Crippen LogP contribution in [0.3, 0.4) is 0 Å². The zero-order valence-corrected chi connectivity index (χ0v) is 16.9. The lowest BCUT2D eigenvalue weighted by molar-refractivity contribution is 0.294. The Morgan fingerprint density at radius 1 is 1.24 bits per heavy atom. The van der Waals surface area contributed by atoms with Crippen molar-refractivity contribution in [3.05, 3.63) is 53.5 Å². The molecule has 3 heterocycles. The van der Waals surface area contributed by atoms with E-state index >= 15 is 0 Å². The van der Waals surface area contributed by atoms with Crippen LogP contribution in [0.5, 0.6) is 5.88 Å². The Bertz CT molecular complexity index is 999. The first-order chi connectivity index (χ1) is 14.2. The molecule has 0 bridgehead atoms. The minimum Gasteiger partial charge on any atom is -0.473 e. The van der Waals surface area contributed by atoms with E-state index in [1.165, 1.54) is 25.5 Å². The number of nitrogens with one attached hydrogen (secondary N) is 1. The molecule has 0 saturated heterocycles. The quantitative estimate of drug-likeness (QED) is 0.737. The summed E-state index contributed by atoms with van der Waals surface area (Å²) in [5.41, 5.74) is 3.79. The van der Waals surface area contributed by atoms with Gasteiger partial charge < -0.3 is 14.6 Å². The van der Waals surface area contributed by atoms with Crippen LogP contribution >= 0.6 is 0 Å². The lowest BCUT2D eigenvalue weighted by Gasteiger charge is -2.18. The Kier molecular flexibility index (Phi) is 6.06. The number of pyridine rings is 1. The number of imidazole rings is 1. The van der Waals surface area contributed by atoms with Gasteiger partial charge in [0.15, 0.2) is 0 Å². The second-order valence-corrected chi connectivity index (χ2v) is 7.82. The van der Waals surface area contributed by atoms with Crippen LogP contribution in [0.2, 0.25) is 0 Å². The second-order valence-electron chi connectivity index (χ2n) is 7.82. The standard InChI is InChI=1S/C18H17N5O.C5H10/c19-10-14-2-4-18(21-11-14)24-12-13-1-3-15-16(9-13)23-8-7-20-6-5-17(23)22-15;1-5-3-2-4-5/h1-4,9,11,20H,5-8,12H2;5H,2-4H2,1H3. The van der Waals surface area contributed by atoms with Crippen LogP contribution in [0, 0.1) is 17.2 Å². The van der Waals surface area contributed by atoms with E-state index in [1.54, 1.807) is 12.1 Å². The van der Waals surface area contributed by atoms with Crippen LogP contribution in [0.25, 0.3) is 11.0 Å². The van der Waals surface area contributed by atoms with Crippen molar-refractivity contribution in [3.63, 3.8) is 0 Å². The van der Waals surface area contributed by atoms with Gasteiger partial charge in [-0.3, -0.25) is 0 Å². The number of nitriles is 1. The summed E-state index contributed by atoms with van der Waals surface area (Å²) in [6, 6.07) is 11.7. The predicted molar refractivity (Wildman–Crippen MR) is 113 cm³/mol. The maximum atomic E-state index is 8.79. The van der Waals surface area contributed by atoms with Gasteiger partial charge in [0.05, 0.1) is 16.6 Å². The lowest BCUT2D eigenvalue weighted by atomic mass is 9.88. The SMILES string of the molecule is CC1CCC1.N#Cc1ccc(OCc2ccc3nc4n(c3c2)CCNCC4)nc1. The number of hydrogen-bond donors (Lipinski definition) is 1. The number of benzene rings is 1. The van der Waals surface area contributed by atoms with E-state index in [9.17, 15) is 0 Å². The van der Waals surface area contributed by atoms with Crippen LogP contribution in [0.15, 0.2) is 36.5 Å². The first-order valence-corrected chi connectivity index (χ1v) is 10.4. The maximum absolute atomic E-state index is 8.79. The van der Waals surface area contributed by atoms with Gasteiger partial charge >= 0.3 is 0 Å². The van der Waals surface area contributed by atoms with Gasteiger partial charge in [-0.2, -0.15) is 5.26 Å². The molecule has 0 unspecified atom stereocenters. The number of fused-ring (bicyclic) bond motifs is 3. The maximum Gasteiger partial charge on any atom is 0.213 e. The molecule has 29 heavy (non-hydrogen) atoms. The van der Waals surface area contributed by atoms with E-state index in [2.05, 4.69) is 33.9 Å². The largest absolute Gasteiger partial charge is 0.473 e. The molecule has 6 heteroatoms. The fourth-order valence-corrected chi connectivity index (χ4v) is 3.57. The molecule has 1 N–H and O–H groups in total. The summed E-state index contributed by atoms with van der Waals surface area (Å²) in [5.74, 6) is 2.72. The van der Waals surface area contributed by atoms with Crippen molar-refractivity contribution in [3.8, 4) is 11.9 Å². The van der Waals surface area contributed by atoms with E-state index in [-0.39, 0.29) is 0 Å². The smallest absolute Gasteiger partial charge is 0.213 e. The predicted octanol–water partition coefficient (Wildman–Crippen LogP) is 3.83. The molecule has 1 saturated carbocycles. The third-order valence-corrected chi connectivity index (χ3v) is 5.58. The molecular weight excluding hydrogens is 362 g/mol. The van der Waals surface area contributed by atoms with Crippen LogP contribution in [-0.4, -0.2) is 27.6 Å². The van der Waals surface area contributed by atoms with Crippen molar-refractivity contribution in [2.45, 2.75) is 45.8 Å². The Labute approximate surface area is 171 Å². The number of hydrogen-bond acceptors (Lipinski definition) is 5. The second kappa shape index (κ2) is 9.06. The summed E-state index contributed by atoms with van der Waals surface area (Å²) in [5, 5.41) is 12.2. The molecule has 150 valence electrons. The molecule has 1 aliphatic heterocycles. The van der Waals surface area contributed by atoms with Crippen molar-refractivity contribution in [2.75, 3.05) is 13.1 Å². The summed E-state index contributed by atoms with van der Waals surface area (Å²) in [6.45, 7) is 5.63. The van der Waals surface area contributed by atoms with Gasteiger partial charge in [-0.05, 0) is 29.7 Å². The van der Waals surface area contributed by atoms with Crippen molar-refractivity contribution in [1.82, 2.24) is 19.9 Å². The van der Waals surface area contributed by atoms with E-state index < -0.39 is 0 Å². The summed E-state index contributed by atoms with van der Waals surface area (Å²) in [6.07, 6.45) is 6.93. The average Bonchev–Trinajstić information content (AvgIpc) is 2.91. The van der Waals surface area contributed by atoms with Crippen LogP contribution < -0.4 is 10.1 Å². The van der Waals surface area contributed by atoms with E-state index in [1.807, 2.05) is 12.1 Å². The number of rotatable bonds is 3. The summed E-state index contributed by atoms with van der Waals surface area (Å²) < 4.78 is 8.01. The molecule has 3 aromatic rings. The van der Waals surface area contributed by atoms with E-state index in [0.29, 0.717) is 18.1 Å². The minimum atomic E-state index is 0.438. The van der Waals surface area contributed by atoms with Gasteiger partial charge in [0.2, 0.25) is 5.88 Å². The number of ether oxygens (including phenoxy) is 1. The first-order valence-electron chi connectivity index (χ1n) is 10.4. The molecule has 5 rings (SSSR count). The van der Waals surface area contributed by atoms with Crippen molar-refractivity contribution < 1.29 is 4.74 Å². The highest BCUT2D eigenvalue weighted by Crippen LogP contribution is 2.24. The zero-order chi connectivity index (χ0) is 20.1. The first kappa shape index (κ1) is 19.4. The minimum absolute atomic E-state index is 0.438. The molecular formula is C23H27N5O. The van der Waals surface area contributed by atoms with Gasteiger partial charge in [-0.1, -0.05) is 32.3 Å². The summed E-state index contributed by atoms with van der Waals surface area (Å²) >= 11 is 0. The molecule has 1 aliphatic carbocycles. The normalized spacial score (nSPS) is 16.0. The lowest BCUT2D eigenvalue weighted by Crippen LogP contribution is -2.17. The van der Waals surface area contributed by atoms with Gasteiger partial charge in [0.25, 0.3) is 0 Å². The highest BCUT2D eigenvalue weighted by molar-refractivity contribution is 5.77. The molecule has 1 fully saturated rings. The van der Waals surface area contributed by atoms with Crippen LogP contribution in [-0.2, 0) is 19.6 Å². The van der Waals surface area contributed by atoms with Gasteiger partial charge in [0.1, 0.15) is 18.5 Å². The Balaban J connectivity index is 0.000000359. The Hall–Kier alpha value is -2.91. The monoisotopic (exact) mass is 389 g/mol. The van der Waals surface area contributed by atoms with Crippen LogP contribution in [0.4, 0.5) is 0 Å². The molecule has 0 amide bonds.